The van der Waals surface area contributed by atoms with Crippen molar-refractivity contribution in [2.45, 2.75) is 33.1 Å². The lowest BCUT2D eigenvalue weighted by molar-refractivity contribution is -0.152. The zero-order valence-electron chi connectivity index (χ0n) is 8.42. The Morgan fingerprint density at radius 1 is 1.54 bits per heavy atom. The summed E-state index contributed by atoms with van der Waals surface area (Å²) in [4.78, 5) is 22.6. The van der Waals surface area contributed by atoms with Crippen LogP contribution in [0.1, 0.15) is 33.1 Å². The fraction of sp³-hybridized carbons (Fsp3) is 0.800. The molecule has 3 nitrogen and oxygen atoms in total. The standard InChI is InChI=1S/C10H16O3/c1-10(2)5-4-8(11)7(6-10)9(12)13-3/h7H,4-6H2,1-3H3/t7-/m1/s1. The zero-order valence-corrected chi connectivity index (χ0v) is 8.42. The van der Waals surface area contributed by atoms with Gasteiger partial charge in [-0.3, -0.25) is 9.59 Å². The fourth-order valence-electron chi connectivity index (χ4n) is 1.76. The Kier molecular flexibility index (Phi) is 2.74. The Morgan fingerprint density at radius 3 is 2.69 bits per heavy atom. The van der Waals surface area contributed by atoms with Gasteiger partial charge in [-0.1, -0.05) is 13.8 Å². The molecule has 3 heteroatoms. The molecule has 0 spiro atoms. The molecule has 0 aromatic rings. The van der Waals surface area contributed by atoms with E-state index >= 15 is 0 Å². The lowest BCUT2D eigenvalue weighted by atomic mass is 9.71. The molecule has 0 bridgehead atoms. The predicted molar refractivity (Wildman–Crippen MR) is 48.1 cm³/mol. The summed E-state index contributed by atoms with van der Waals surface area (Å²) in [5.41, 5.74) is 0.0900. The van der Waals surface area contributed by atoms with E-state index in [9.17, 15) is 9.59 Å². The van der Waals surface area contributed by atoms with Crippen molar-refractivity contribution in [3.63, 3.8) is 0 Å². The van der Waals surface area contributed by atoms with Crippen LogP contribution in [-0.2, 0) is 14.3 Å². The largest absolute Gasteiger partial charge is 0.468 e. The van der Waals surface area contributed by atoms with Crippen LogP contribution in [0.25, 0.3) is 0 Å². The molecule has 74 valence electrons. The Labute approximate surface area is 78.5 Å². The molecule has 0 radical (unpaired) electrons. The minimum absolute atomic E-state index is 0.0335. The monoisotopic (exact) mass is 184 g/mol. The van der Waals surface area contributed by atoms with Gasteiger partial charge in [0.25, 0.3) is 0 Å². The third-order valence-corrected chi connectivity index (χ3v) is 2.68. The Morgan fingerprint density at radius 2 is 2.15 bits per heavy atom. The molecule has 0 amide bonds. The van der Waals surface area contributed by atoms with E-state index in [-0.39, 0.29) is 17.2 Å². The molecule has 0 aliphatic heterocycles. The first-order chi connectivity index (χ1) is 5.96. The van der Waals surface area contributed by atoms with Crippen LogP contribution in [0.15, 0.2) is 0 Å². The van der Waals surface area contributed by atoms with Crippen LogP contribution < -0.4 is 0 Å². The van der Waals surface area contributed by atoms with Crippen molar-refractivity contribution in [3.05, 3.63) is 0 Å². The number of esters is 1. The summed E-state index contributed by atoms with van der Waals surface area (Å²) >= 11 is 0. The SMILES string of the molecule is COC(=O)[C@@H]1CC(C)(C)CCC1=O. The third kappa shape index (κ3) is 2.29. The van der Waals surface area contributed by atoms with Gasteiger partial charge >= 0.3 is 5.97 Å². The van der Waals surface area contributed by atoms with Gasteiger partial charge in [-0.05, 0) is 18.3 Å². The fourth-order valence-corrected chi connectivity index (χ4v) is 1.76. The molecule has 1 rings (SSSR count). The van der Waals surface area contributed by atoms with Gasteiger partial charge in [-0.15, -0.1) is 0 Å². The molecule has 0 saturated heterocycles. The van der Waals surface area contributed by atoms with Crippen LogP contribution in [0.3, 0.4) is 0 Å². The van der Waals surface area contributed by atoms with Crippen molar-refractivity contribution >= 4 is 11.8 Å². The number of ketones is 1. The van der Waals surface area contributed by atoms with E-state index in [0.29, 0.717) is 12.8 Å². The van der Waals surface area contributed by atoms with E-state index in [0.717, 1.165) is 6.42 Å². The normalized spacial score (nSPS) is 27.0. The number of ether oxygens (including phenoxy) is 1. The van der Waals surface area contributed by atoms with Crippen LogP contribution in [0.5, 0.6) is 0 Å². The summed E-state index contributed by atoms with van der Waals surface area (Å²) in [6, 6.07) is 0. The first-order valence-electron chi connectivity index (χ1n) is 4.57. The number of Topliss-reactive ketones (excluding diaryl/α,β-unsaturated/α-hetero) is 1. The molecule has 0 N–H and O–H groups in total. The Bertz CT molecular complexity index is 222. The maximum absolute atomic E-state index is 11.4. The van der Waals surface area contributed by atoms with E-state index < -0.39 is 5.92 Å². The summed E-state index contributed by atoms with van der Waals surface area (Å²) < 4.78 is 4.59. The zero-order chi connectivity index (χ0) is 10.1. The average Bonchev–Trinajstić information content (AvgIpc) is 2.08. The second-order valence-corrected chi connectivity index (χ2v) is 4.41. The van der Waals surface area contributed by atoms with E-state index in [1.54, 1.807) is 0 Å². The van der Waals surface area contributed by atoms with Gasteiger partial charge in [0.05, 0.1) is 7.11 Å². The average molecular weight is 184 g/mol. The van der Waals surface area contributed by atoms with Crippen LogP contribution >= 0.6 is 0 Å². The van der Waals surface area contributed by atoms with Crippen molar-refractivity contribution in [2.24, 2.45) is 11.3 Å². The first-order valence-corrected chi connectivity index (χ1v) is 4.57. The minimum Gasteiger partial charge on any atom is -0.468 e. The molecule has 0 heterocycles. The smallest absolute Gasteiger partial charge is 0.316 e. The molecule has 1 aliphatic carbocycles. The molecule has 13 heavy (non-hydrogen) atoms. The summed E-state index contributed by atoms with van der Waals surface area (Å²) in [6.45, 7) is 4.16. The van der Waals surface area contributed by atoms with Gasteiger partial charge in [0, 0.05) is 6.42 Å². The maximum Gasteiger partial charge on any atom is 0.316 e. The van der Waals surface area contributed by atoms with E-state index in [1.807, 2.05) is 0 Å². The Hall–Kier alpha value is -0.860. The lowest BCUT2D eigenvalue weighted by Crippen LogP contribution is -2.35. The maximum atomic E-state index is 11.4. The summed E-state index contributed by atoms with van der Waals surface area (Å²) in [5.74, 6) is -0.863. The molecule has 0 unspecified atom stereocenters. The van der Waals surface area contributed by atoms with Gasteiger partial charge in [0.2, 0.25) is 0 Å². The van der Waals surface area contributed by atoms with E-state index in [2.05, 4.69) is 18.6 Å². The van der Waals surface area contributed by atoms with Crippen LogP contribution in [-0.4, -0.2) is 18.9 Å². The number of carbonyl (C=O) groups is 2. The molecular weight excluding hydrogens is 168 g/mol. The highest BCUT2D eigenvalue weighted by atomic mass is 16.5. The van der Waals surface area contributed by atoms with Gasteiger partial charge in [-0.2, -0.15) is 0 Å². The van der Waals surface area contributed by atoms with Gasteiger partial charge in [-0.25, -0.2) is 0 Å². The molecule has 1 saturated carbocycles. The van der Waals surface area contributed by atoms with Gasteiger partial charge < -0.3 is 4.74 Å². The summed E-state index contributed by atoms with van der Waals surface area (Å²) in [7, 11) is 1.33. The predicted octanol–water partition coefficient (Wildman–Crippen LogP) is 1.55. The molecule has 1 fully saturated rings. The molecular formula is C10H16O3. The van der Waals surface area contributed by atoms with E-state index in [4.69, 9.17) is 0 Å². The highest BCUT2D eigenvalue weighted by Gasteiger charge is 2.38. The van der Waals surface area contributed by atoms with Crippen molar-refractivity contribution in [3.8, 4) is 0 Å². The molecule has 1 atom stereocenters. The highest BCUT2D eigenvalue weighted by molar-refractivity contribution is 5.99. The number of methoxy groups -OCH3 is 1. The Balaban J connectivity index is 2.71. The highest BCUT2D eigenvalue weighted by Crippen LogP contribution is 2.37. The van der Waals surface area contributed by atoms with E-state index in [1.165, 1.54) is 7.11 Å². The van der Waals surface area contributed by atoms with Crippen molar-refractivity contribution in [2.75, 3.05) is 7.11 Å². The second-order valence-electron chi connectivity index (χ2n) is 4.41. The van der Waals surface area contributed by atoms with Crippen molar-refractivity contribution in [1.29, 1.82) is 0 Å². The molecule has 0 aromatic heterocycles. The summed E-state index contributed by atoms with van der Waals surface area (Å²) in [6.07, 6.45) is 2.00. The van der Waals surface area contributed by atoms with Crippen LogP contribution in [0, 0.1) is 11.3 Å². The second kappa shape index (κ2) is 3.48. The number of hydrogen-bond acceptors (Lipinski definition) is 3. The lowest BCUT2D eigenvalue weighted by Gasteiger charge is -2.32. The first kappa shape index (κ1) is 10.2. The molecule has 0 aromatic carbocycles. The minimum atomic E-state index is -0.520. The van der Waals surface area contributed by atoms with Crippen LogP contribution in [0.4, 0.5) is 0 Å². The van der Waals surface area contributed by atoms with Crippen molar-refractivity contribution < 1.29 is 14.3 Å². The number of hydrogen-bond donors (Lipinski definition) is 0. The number of rotatable bonds is 1. The summed E-state index contributed by atoms with van der Waals surface area (Å²) in [5, 5.41) is 0. The van der Waals surface area contributed by atoms with Gasteiger partial charge in [0.15, 0.2) is 0 Å². The molecule has 1 aliphatic rings. The quantitative estimate of drug-likeness (QED) is 0.458. The third-order valence-electron chi connectivity index (χ3n) is 2.68. The topological polar surface area (TPSA) is 43.4 Å². The van der Waals surface area contributed by atoms with Crippen molar-refractivity contribution in [1.82, 2.24) is 0 Å². The van der Waals surface area contributed by atoms with Crippen LogP contribution in [0.2, 0.25) is 0 Å². The number of carbonyl (C=O) groups excluding carboxylic acids is 2. The van der Waals surface area contributed by atoms with Gasteiger partial charge in [0.1, 0.15) is 11.7 Å².